The van der Waals surface area contributed by atoms with E-state index >= 15 is 0 Å². The second-order valence-corrected chi connectivity index (χ2v) is 5.53. The van der Waals surface area contributed by atoms with E-state index in [1.807, 2.05) is 12.1 Å². The average molecular weight is 282 g/mol. The first-order valence-corrected chi connectivity index (χ1v) is 7.29. The van der Waals surface area contributed by atoms with Crippen molar-refractivity contribution in [2.45, 2.75) is 31.8 Å². The highest BCUT2D eigenvalue weighted by molar-refractivity contribution is 5.89. The highest BCUT2D eigenvalue weighted by atomic mass is 16.4. The van der Waals surface area contributed by atoms with Crippen molar-refractivity contribution in [2.24, 2.45) is 0 Å². The Morgan fingerprint density at radius 2 is 1.71 bits per heavy atom. The largest absolute Gasteiger partial charge is 0.478 e. The van der Waals surface area contributed by atoms with E-state index < -0.39 is 12.1 Å². The predicted octanol–water partition coefficient (Wildman–Crippen LogP) is 3.35. The number of aliphatic hydroxyl groups is 1. The number of aromatic carboxylic acids is 1. The van der Waals surface area contributed by atoms with E-state index in [9.17, 15) is 15.0 Å². The van der Waals surface area contributed by atoms with Crippen LogP contribution >= 0.6 is 0 Å². The van der Waals surface area contributed by atoms with Crippen LogP contribution < -0.4 is 0 Å². The van der Waals surface area contributed by atoms with Crippen molar-refractivity contribution in [1.82, 2.24) is 0 Å². The van der Waals surface area contributed by atoms with E-state index in [-0.39, 0.29) is 5.56 Å². The smallest absolute Gasteiger partial charge is 0.336 e. The van der Waals surface area contributed by atoms with Crippen LogP contribution in [0.4, 0.5) is 0 Å². The Balaban J connectivity index is 1.99. The van der Waals surface area contributed by atoms with E-state index in [2.05, 4.69) is 6.07 Å². The van der Waals surface area contributed by atoms with Gasteiger partial charge in [-0.1, -0.05) is 36.4 Å². The fourth-order valence-corrected chi connectivity index (χ4v) is 3.03. The molecule has 0 fully saturated rings. The van der Waals surface area contributed by atoms with Gasteiger partial charge in [-0.15, -0.1) is 0 Å². The SMILES string of the molecule is O=C(O)c1ccccc1C(O)c1ccc2c(c1)CCCC2. The number of carboxylic acid groups (broad SMARTS) is 1. The highest BCUT2D eigenvalue weighted by Crippen LogP contribution is 2.29. The number of hydrogen-bond donors (Lipinski definition) is 2. The summed E-state index contributed by atoms with van der Waals surface area (Å²) in [5, 5.41) is 19.8. The molecule has 108 valence electrons. The monoisotopic (exact) mass is 282 g/mol. The van der Waals surface area contributed by atoms with E-state index in [1.165, 1.54) is 30.0 Å². The van der Waals surface area contributed by atoms with Gasteiger partial charge in [0, 0.05) is 0 Å². The molecule has 1 unspecified atom stereocenters. The van der Waals surface area contributed by atoms with Crippen LogP contribution in [0.2, 0.25) is 0 Å². The Hall–Kier alpha value is -2.13. The van der Waals surface area contributed by atoms with Crippen molar-refractivity contribution in [3.63, 3.8) is 0 Å². The number of benzene rings is 2. The molecule has 0 saturated heterocycles. The van der Waals surface area contributed by atoms with Crippen LogP contribution in [0.5, 0.6) is 0 Å². The summed E-state index contributed by atoms with van der Waals surface area (Å²) in [4.78, 5) is 11.3. The zero-order chi connectivity index (χ0) is 14.8. The molecule has 0 spiro atoms. The van der Waals surface area contributed by atoms with Crippen molar-refractivity contribution >= 4 is 5.97 Å². The molecule has 3 nitrogen and oxygen atoms in total. The highest BCUT2D eigenvalue weighted by Gasteiger charge is 2.19. The van der Waals surface area contributed by atoms with Crippen LogP contribution in [-0.4, -0.2) is 16.2 Å². The van der Waals surface area contributed by atoms with Crippen LogP contribution in [0, 0.1) is 0 Å². The molecule has 0 radical (unpaired) electrons. The summed E-state index contributed by atoms with van der Waals surface area (Å²) in [6.45, 7) is 0. The minimum Gasteiger partial charge on any atom is -0.478 e. The van der Waals surface area contributed by atoms with Crippen molar-refractivity contribution in [2.75, 3.05) is 0 Å². The van der Waals surface area contributed by atoms with Gasteiger partial charge in [-0.2, -0.15) is 0 Å². The van der Waals surface area contributed by atoms with Crippen molar-refractivity contribution in [3.05, 3.63) is 70.3 Å². The van der Waals surface area contributed by atoms with Gasteiger partial charge in [-0.25, -0.2) is 4.79 Å². The minimum absolute atomic E-state index is 0.155. The molecule has 1 aliphatic rings. The predicted molar refractivity (Wildman–Crippen MR) is 80.5 cm³/mol. The van der Waals surface area contributed by atoms with Crippen LogP contribution in [0.1, 0.15) is 51.6 Å². The first-order valence-electron chi connectivity index (χ1n) is 7.29. The summed E-state index contributed by atoms with van der Waals surface area (Å²) in [5.41, 5.74) is 4.00. The second kappa shape index (κ2) is 5.70. The van der Waals surface area contributed by atoms with Crippen LogP contribution in [0.25, 0.3) is 0 Å². The lowest BCUT2D eigenvalue weighted by molar-refractivity contribution is 0.0691. The number of fused-ring (bicyclic) bond motifs is 1. The van der Waals surface area contributed by atoms with E-state index in [4.69, 9.17) is 0 Å². The summed E-state index contributed by atoms with van der Waals surface area (Å²) in [7, 11) is 0. The van der Waals surface area contributed by atoms with Gasteiger partial charge in [-0.05, 0) is 54.0 Å². The van der Waals surface area contributed by atoms with Gasteiger partial charge in [-0.3, -0.25) is 0 Å². The van der Waals surface area contributed by atoms with Gasteiger partial charge in [0.05, 0.1) is 5.56 Å². The number of aryl methyl sites for hydroxylation is 2. The molecule has 0 heterocycles. The maximum Gasteiger partial charge on any atom is 0.336 e. The molecule has 3 rings (SSSR count). The molecule has 1 aliphatic carbocycles. The zero-order valence-electron chi connectivity index (χ0n) is 11.7. The molecule has 2 N–H and O–H groups in total. The van der Waals surface area contributed by atoms with Crippen molar-refractivity contribution < 1.29 is 15.0 Å². The lowest BCUT2D eigenvalue weighted by Crippen LogP contribution is -2.10. The van der Waals surface area contributed by atoms with Gasteiger partial charge in [0.15, 0.2) is 0 Å². The van der Waals surface area contributed by atoms with Crippen molar-refractivity contribution in [1.29, 1.82) is 0 Å². The number of carboxylic acids is 1. The minimum atomic E-state index is -1.01. The summed E-state index contributed by atoms with van der Waals surface area (Å²) >= 11 is 0. The Kier molecular flexibility index (Phi) is 3.76. The number of aliphatic hydroxyl groups excluding tert-OH is 1. The van der Waals surface area contributed by atoms with E-state index in [1.54, 1.807) is 18.2 Å². The molecule has 0 saturated carbocycles. The summed E-state index contributed by atoms with van der Waals surface area (Å²) in [6.07, 6.45) is 3.63. The molecule has 1 atom stereocenters. The molecule has 0 aromatic heterocycles. The molecular weight excluding hydrogens is 264 g/mol. The van der Waals surface area contributed by atoms with Gasteiger partial charge in [0.25, 0.3) is 0 Å². The van der Waals surface area contributed by atoms with E-state index in [0.29, 0.717) is 5.56 Å². The maximum atomic E-state index is 11.3. The molecule has 0 amide bonds. The fraction of sp³-hybridized carbons (Fsp3) is 0.278. The molecule has 0 aliphatic heterocycles. The third-order valence-electron chi connectivity index (χ3n) is 4.17. The lowest BCUT2D eigenvalue weighted by Gasteiger charge is -2.19. The summed E-state index contributed by atoms with van der Waals surface area (Å²) < 4.78 is 0. The topological polar surface area (TPSA) is 57.5 Å². The Morgan fingerprint density at radius 1 is 1.00 bits per heavy atom. The van der Waals surface area contributed by atoms with Gasteiger partial charge in [0.2, 0.25) is 0 Å². The molecule has 2 aromatic rings. The Bertz CT molecular complexity index is 676. The fourth-order valence-electron chi connectivity index (χ4n) is 3.03. The number of hydrogen-bond acceptors (Lipinski definition) is 2. The molecule has 21 heavy (non-hydrogen) atoms. The molecule has 3 heteroatoms. The number of rotatable bonds is 3. The van der Waals surface area contributed by atoms with Gasteiger partial charge in [0.1, 0.15) is 6.10 Å². The third kappa shape index (κ3) is 2.69. The first-order chi connectivity index (χ1) is 10.2. The van der Waals surface area contributed by atoms with Gasteiger partial charge < -0.3 is 10.2 Å². The Morgan fingerprint density at radius 3 is 2.48 bits per heavy atom. The summed E-state index contributed by atoms with van der Waals surface area (Å²) in [5.74, 6) is -1.01. The maximum absolute atomic E-state index is 11.3. The first kappa shape index (κ1) is 13.8. The summed E-state index contributed by atoms with van der Waals surface area (Å²) in [6, 6.07) is 12.6. The molecular formula is C18H18O3. The van der Waals surface area contributed by atoms with Crippen molar-refractivity contribution in [3.8, 4) is 0 Å². The molecule has 0 bridgehead atoms. The molecule has 2 aromatic carbocycles. The van der Waals surface area contributed by atoms with Crippen LogP contribution in [0.3, 0.4) is 0 Å². The lowest BCUT2D eigenvalue weighted by atomic mass is 9.88. The van der Waals surface area contributed by atoms with Crippen LogP contribution in [-0.2, 0) is 12.8 Å². The van der Waals surface area contributed by atoms with Gasteiger partial charge >= 0.3 is 5.97 Å². The van der Waals surface area contributed by atoms with Crippen LogP contribution in [0.15, 0.2) is 42.5 Å². The standard InChI is InChI=1S/C18H18O3/c19-17(15-7-3-4-8-16(15)18(20)21)14-10-9-12-5-1-2-6-13(12)11-14/h3-4,7-11,17,19H,1-2,5-6H2,(H,20,21). The third-order valence-corrected chi connectivity index (χ3v) is 4.17. The normalized spacial score (nSPS) is 15.3. The Labute approximate surface area is 123 Å². The zero-order valence-corrected chi connectivity index (χ0v) is 11.7. The average Bonchev–Trinajstić information content (AvgIpc) is 2.53. The second-order valence-electron chi connectivity index (χ2n) is 5.53. The quantitative estimate of drug-likeness (QED) is 0.907. The number of carbonyl (C=O) groups is 1. The van der Waals surface area contributed by atoms with E-state index in [0.717, 1.165) is 18.4 Å².